The van der Waals surface area contributed by atoms with Crippen LogP contribution in [0.2, 0.25) is 5.02 Å². The highest BCUT2D eigenvalue weighted by Crippen LogP contribution is 2.35. The number of hydrogen-bond acceptors (Lipinski definition) is 4. The van der Waals surface area contributed by atoms with E-state index in [1.165, 1.54) is 23.0 Å². The number of H-pyrrole nitrogens is 1. The SMILES string of the molecule is Oc1c(CCn2cc(Cl)cn2)c(-c2ccc(C(F)(F)F)cc2)nn1-c1nc2ccccc2[nH]1. The topological polar surface area (TPSA) is 84.5 Å². The van der Waals surface area contributed by atoms with Gasteiger partial charge in [-0.3, -0.25) is 4.68 Å². The molecule has 7 nitrogen and oxygen atoms in total. The number of alkyl halides is 3. The first kappa shape index (κ1) is 21.1. The monoisotopic (exact) mass is 472 g/mol. The number of aromatic hydroxyl groups is 1. The van der Waals surface area contributed by atoms with Gasteiger partial charge in [0.1, 0.15) is 5.69 Å². The van der Waals surface area contributed by atoms with E-state index in [2.05, 4.69) is 20.2 Å². The maximum absolute atomic E-state index is 13.0. The van der Waals surface area contributed by atoms with Crippen molar-refractivity contribution in [2.24, 2.45) is 0 Å². The molecule has 5 aromatic rings. The molecule has 0 aliphatic heterocycles. The van der Waals surface area contributed by atoms with E-state index in [9.17, 15) is 18.3 Å². The van der Waals surface area contributed by atoms with Crippen molar-refractivity contribution in [3.63, 3.8) is 0 Å². The van der Waals surface area contributed by atoms with E-state index < -0.39 is 11.7 Å². The first-order valence-corrected chi connectivity index (χ1v) is 10.3. The number of nitrogens with one attached hydrogen (secondary N) is 1. The van der Waals surface area contributed by atoms with Crippen LogP contribution in [0.4, 0.5) is 13.2 Å². The Morgan fingerprint density at radius 3 is 2.48 bits per heavy atom. The van der Waals surface area contributed by atoms with Gasteiger partial charge in [0, 0.05) is 23.9 Å². The second kappa shape index (κ2) is 7.96. The van der Waals surface area contributed by atoms with Crippen LogP contribution >= 0.6 is 11.6 Å². The zero-order chi connectivity index (χ0) is 23.2. The van der Waals surface area contributed by atoms with E-state index in [1.807, 2.05) is 24.3 Å². The fourth-order valence-corrected chi connectivity index (χ4v) is 3.75. The molecule has 168 valence electrons. The third-order valence-corrected chi connectivity index (χ3v) is 5.41. The lowest BCUT2D eigenvalue weighted by Crippen LogP contribution is -2.04. The van der Waals surface area contributed by atoms with Crippen LogP contribution in [-0.2, 0) is 19.1 Å². The molecule has 2 aromatic carbocycles. The van der Waals surface area contributed by atoms with Gasteiger partial charge in [-0.05, 0) is 30.7 Å². The molecule has 0 saturated heterocycles. The lowest BCUT2D eigenvalue weighted by Gasteiger charge is -2.08. The number of para-hydroxylation sites is 2. The summed E-state index contributed by atoms with van der Waals surface area (Å²) in [5, 5.41) is 20.1. The van der Waals surface area contributed by atoms with Crippen LogP contribution in [0, 0.1) is 0 Å². The molecule has 0 radical (unpaired) electrons. The number of fused-ring (bicyclic) bond motifs is 1. The van der Waals surface area contributed by atoms with Crippen molar-refractivity contribution >= 4 is 22.6 Å². The van der Waals surface area contributed by atoms with Gasteiger partial charge in [-0.25, -0.2) is 4.98 Å². The molecule has 0 spiro atoms. The Bertz CT molecular complexity index is 1400. The zero-order valence-corrected chi connectivity index (χ0v) is 17.6. The number of nitrogens with zero attached hydrogens (tertiary/aromatic N) is 5. The highest BCUT2D eigenvalue weighted by molar-refractivity contribution is 6.30. The van der Waals surface area contributed by atoms with Crippen molar-refractivity contribution in [2.75, 3.05) is 0 Å². The van der Waals surface area contributed by atoms with E-state index >= 15 is 0 Å². The van der Waals surface area contributed by atoms with Gasteiger partial charge < -0.3 is 10.1 Å². The summed E-state index contributed by atoms with van der Waals surface area (Å²) in [4.78, 5) is 7.56. The van der Waals surface area contributed by atoms with Crippen LogP contribution in [0.25, 0.3) is 28.2 Å². The molecule has 2 N–H and O–H groups in total. The summed E-state index contributed by atoms with van der Waals surface area (Å²) in [6, 6.07) is 12.0. The van der Waals surface area contributed by atoms with Crippen LogP contribution in [-0.4, -0.2) is 34.6 Å². The van der Waals surface area contributed by atoms with Crippen LogP contribution in [0.5, 0.6) is 5.88 Å². The Morgan fingerprint density at radius 1 is 1.06 bits per heavy atom. The van der Waals surface area contributed by atoms with Crippen LogP contribution < -0.4 is 0 Å². The predicted octanol–water partition coefficient (Wildman–Crippen LogP) is 5.23. The first-order valence-electron chi connectivity index (χ1n) is 9.91. The molecule has 11 heteroatoms. The number of rotatable bonds is 5. The third kappa shape index (κ3) is 4.05. The molecule has 0 aliphatic carbocycles. The summed E-state index contributed by atoms with van der Waals surface area (Å²) >= 11 is 5.92. The second-order valence-corrected chi connectivity index (χ2v) is 7.82. The standard InChI is InChI=1S/C22H16ClF3N6O/c23-15-11-27-31(12-15)10-9-16-19(13-5-7-14(8-6-13)22(24,25)26)30-32(20(16)33)21-28-17-3-1-2-4-18(17)29-21/h1-8,11-12,33H,9-10H2,(H,28,29). The fraction of sp³-hybridized carbons (Fsp3) is 0.136. The zero-order valence-electron chi connectivity index (χ0n) is 16.9. The molecule has 0 amide bonds. The van der Waals surface area contributed by atoms with Gasteiger partial charge in [0.05, 0.1) is 27.8 Å². The smallest absolute Gasteiger partial charge is 0.416 e. The molecule has 0 bridgehead atoms. The number of hydrogen-bond donors (Lipinski definition) is 2. The van der Waals surface area contributed by atoms with Gasteiger partial charge in [-0.1, -0.05) is 35.9 Å². The van der Waals surface area contributed by atoms with Gasteiger partial charge in [0.2, 0.25) is 11.8 Å². The molecule has 0 saturated carbocycles. The van der Waals surface area contributed by atoms with E-state index in [4.69, 9.17) is 11.6 Å². The number of aryl methyl sites for hydroxylation is 1. The average Bonchev–Trinajstić information content (AvgIpc) is 3.48. The number of imidazole rings is 1. The van der Waals surface area contributed by atoms with Crippen molar-refractivity contribution in [1.29, 1.82) is 0 Å². The summed E-state index contributed by atoms with van der Waals surface area (Å²) in [5.41, 5.74) is 1.90. The fourth-order valence-electron chi connectivity index (χ4n) is 3.59. The molecule has 0 aliphatic rings. The molecule has 5 rings (SSSR count). The average molecular weight is 473 g/mol. The molecular weight excluding hydrogens is 457 g/mol. The maximum Gasteiger partial charge on any atom is 0.416 e. The lowest BCUT2D eigenvalue weighted by molar-refractivity contribution is -0.137. The molecule has 0 unspecified atom stereocenters. The Hall–Kier alpha value is -3.79. The van der Waals surface area contributed by atoms with Crippen LogP contribution in [0.1, 0.15) is 11.1 Å². The minimum atomic E-state index is -4.45. The summed E-state index contributed by atoms with van der Waals surface area (Å²) in [6.45, 7) is 0.375. The highest BCUT2D eigenvalue weighted by Gasteiger charge is 2.30. The summed E-state index contributed by atoms with van der Waals surface area (Å²) < 4.78 is 41.9. The van der Waals surface area contributed by atoms with Crippen molar-refractivity contribution in [3.05, 3.63) is 77.1 Å². The van der Waals surface area contributed by atoms with E-state index in [1.54, 1.807) is 10.9 Å². The molecule has 0 fully saturated rings. The minimum Gasteiger partial charge on any atom is -0.493 e. The van der Waals surface area contributed by atoms with E-state index in [0.717, 1.165) is 17.6 Å². The van der Waals surface area contributed by atoms with Gasteiger partial charge in [0.15, 0.2) is 0 Å². The number of benzene rings is 2. The summed E-state index contributed by atoms with van der Waals surface area (Å²) in [7, 11) is 0. The van der Waals surface area contributed by atoms with Gasteiger partial charge >= 0.3 is 6.18 Å². The predicted molar refractivity (Wildman–Crippen MR) is 116 cm³/mol. The number of aromatic nitrogens is 6. The van der Waals surface area contributed by atoms with Crippen molar-refractivity contribution in [2.45, 2.75) is 19.1 Å². The molecular formula is C22H16ClF3N6O. The lowest BCUT2D eigenvalue weighted by atomic mass is 10.0. The first-order chi connectivity index (χ1) is 15.8. The quantitative estimate of drug-likeness (QED) is 0.367. The number of aromatic amines is 1. The summed E-state index contributed by atoms with van der Waals surface area (Å²) in [5.74, 6) is 0.123. The Balaban J connectivity index is 1.58. The Morgan fingerprint density at radius 2 is 1.82 bits per heavy atom. The van der Waals surface area contributed by atoms with E-state index in [0.29, 0.717) is 40.3 Å². The van der Waals surface area contributed by atoms with Gasteiger partial charge in [-0.15, -0.1) is 0 Å². The normalized spacial score (nSPS) is 12.0. The van der Waals surface area contributed by atoms with Crippen molar-refractivity contribution in [3.8, 4) is 23.1 Å². The minimum absolute atomic E-state index is 0.165. The van der Waals surface area contributed by atoms with Crippen LogP contribution in [0.15, 0.2) is 60.9 Å². The van der Waals surface area contributed by atoms with Crippen molar-refractivity contribution < 1.29 is 18.3 Å². The van der Waals surface area contributed by atoms with Crippen LogP contribution in [0.3, 0.4) is 0 Å². The maximum atomic E-state index is 13.0. The third-order valence-electron chi connectivity index (χ3n) is 5.21. The van der Waals surface area contributed by atoms with Gasteiger partial charge in [-0.2, -0.15) is 28.1 Å². The Labute approximate surface area is 190 Å². The molecule has 0 atom stereocenters. The highest BCUT2D eigenvalue weighted by atomic mass is 35.5. The van der Waals surface area contributed by atoms with Crippen molar-refractivity contribution in [1.82, 2.24) is 29.5 Å². The summed E-state index contributed by atoms with van der Waals surface area (Å²) in [6.07, 6.45) is -1.01. The number of halogens is 4. The largest absolute Gasteiger partial charge is 0.493 e. The van der Waals surface area contributed by atoms with Gasteiger partial charge in [0.25, 0.3) is 0 Å². The van der Waals surface area contributed by atoms with E-state index in [-0.39, 0.29) is 11.8 Å². The second-order valence-electron chi connectivity index (χ2n) is 7.39. The molecule has 3 aromatic heterocycles. The Kier molecular flexibility index (Phi) is 5.09. The molecule has 33 heavy (non-hydrogen) atoms. The molecule has 3 heterocycles.